The smallest absolute Gasteiger partial charge is 0.245 e. The molecule has 0 saturated heterocycles. The van der Waals surface area contributed by atoms with Crippen LogP contribution in [0.4, 0.5) is 0 Å². The molecular formula is C18H18Mg. The number of allylic oxidation sites excluding steroid dienone is 2. The van der Waals surface area contributed by atoms with Crippen LogP contribution in [0.1, 0.15) is 11.1 Å². The minimum Gasteiger partial charge on any atom is -0.245 e. The topological polar surface area (TPSA) is 0 Å². The van der Waals surface area contributed by atoms with Crippen LogP contribution in [-0.2, 0) is 0 Å². The standard InChI is InChI=1S/2C9H9.Mg/c2*1-2-6-9-7-4-3-5-8-9;/h2*2-8H,1H2;/q2*-1;+2. The normalized spacial score (nSPS) is 9.68. The summed E-state index contributed by atoms with van der Waals surface area (Å²) in [6, 6.07) is 20.2. The van der Waals surface area contributed by atoms with E-state index >= 15 is 0 Å². The molecule has 19 heavy (non-hydrogen) atoms. The van der Waals surface area contributed by atoms with Crippen molar-refractivity contribution in [2.45, 2.75) is 0 Å². The van der Waals surface area contributed by atoms with Crippen LogP contribution in [0.2, 0.25) is 0 Å². The Labute approximate surface area is 133 Å². The van der Waals surface area contributed by atoms with E-state index in [1.54, 1.807) is 12.2 Å². The van der Waals surface area contributed by atoms with E-state index in [0.29, 0.717) is 0 Å². The van der Waals surface area contributed by atoms with E-state index in [2.05, 4.69) is 13.8 Å². The summed E-state index contributed by atoms with van der Waals surface area (Å²) in [4.78, 5) is 0. The molecule has 0 N–H and O–H groups in total. The van der Waals surface area contributed by atoms with Crippen molar-refractivity contribution in [3.8, 4) is 0 Å². The summed E-state index contributed by atoms with van der Waals surface area (Å²) in [6.07, 6.45) is 7.52. The van der Waals surface area contributed by atoms with Gasteiger partial charge in [0.1, 0.15) is 0 Å². The molecule has 0 atom stereocenters. The van der Waals surface area contributed by atoms with Gasteiger partial charge in [0.25, 0.3) is 0 Å². The summed E-state index contributed by atoms with van der Waals surface area (Å²) in [7, 11) is 0. The third-order valence-electron chi connectivity index (χ3n) is 2.22. The molecule has 0 bridgehead atoms. The zero-order chi connectivity index (χ0) is 13.1. The van der Waals surface area contributed by atoms with E-state index in [1.807, 2.05) is 72.8 Å². The average molecular weight is 259 g/mol. The number of hydrogen-bond donors (Lipinski definition) is 0. The van der Waals surface area contributed by atoms with Crippen molar-refractivity contribution in [2.24, 2.45) is 0 Å². The second kappa shape index (κ2) is 11.5. The summed E-state index contributed by atoms with van der Waals surface area (Å²) < 4.78 is 0. The molecule has 0 aliphatic carbocycles. The average Bonchev–Trinajstić information content (AvgIpc) is 2.43. The summed E-state index contributed by atoms with van der Waals surface area (Å²) in [5.41, 5.74) is 2.40. The van der Waals surface area contributed by atoms with Gasteiger partial charge in [-0.05, 0) is 0 Å². The van der Waals surface area contributed by atoms with Gasteiger partial charge in [-0.2, -0.15) is 0 Å². The second-order valence-corrected chi connectivity index (χ2v) is 3.63. The van der Waals surface area contributed by atoms with Gasteiger partial charge >= 0.3 is 23.1 Å². The van der Waals surface area contributed by atoms with E-state index in [4.69, 9.17) is 0 Å². The Kier molecular flexibility index (Phi) is 10.6. The first kappa shape index (κ1) is 17.4. The van der Waals surface area contributed by atoms with Crippen LogP contribution in [0.5, 0.6) is 0 Å². The van der Waals surface area contributed by atoms with Gasteiger partial charge in [0.2, 0.25) is 0 Å². The molecule has 92 valence electrons. The Bertz CT molecular complexity index is 422. The van der Waals surface area contributed by atoms with Gasteiger partial charge in [-0.15, -0.1) is 11.1 Å². The van der Waals surface area contributed by atoms with Gasteiger partial charge < -0.3 is 0 Å². The maximum Gasteiger partial charge on any atom is 2.00 e. The van der Waals surface area contributed by atoms with Crippen LogP contribution in [-0.4, -0.2) is 23.1 Å². The number of benzene rings is 2. The fourth-order valence-electron chi connectivity index (χ4n) is 1.40. The van der Waals surface area contributed by atoms with Crippen LogP contribution in [0.15, 0.2) is 72.8 Å². The van der Waals surface area contributed by atoms with E-state index in [1.165, 1.54) is 11.1 Å². The number of hydrogen-bond acceptors (Lipinski definition) is 0. The molecule has 0 saturated carbocycles. The van der Waals surface area contributed by atoms with Crippen molar-refractivity contribution < 1.29 is 0 Å². The molecule has 0 aliphatic heterocycles. The van der Waals surface area contributed by atoms with Crippen LogP contribution in [0, 0.1) is 13.8 Å². The third-order valence-corrected chi connectivity index (χ3v) is 2.22. The molecule has 0 spiro atoms. The van der Waals surface area contributed by atoms with Crippen molar-refractivity contribution in [1.82, 2.24) is 0 Å². The summed E-state index contributed by atoms with van der Waals surface area (Å²) in [6.45, 7) is 7.20. The molecule has 0 radical (unpaired) electrons. The van der Waals surface area contributed by atoms with Gasteiger partial charge in [0, 0.05) is 0 Å². The molecule has 0 aliphatic rings. The summed E-state index contributed by atoms with van der Waals surface area (Å²) in [5, 5.41) is 0. The zero-order valence-corrected chi connectivity index (χ0v) is 12.6. The molecule has 2 aromatic carbocycles. The second-order valence-electron chi connectivity index (χ2n) is 3.63. The fraction of sp³-hybridized carbons (Fsp3) is 0. The summed E-state index contributed by atoms with van der Waals surface area (Å²) >= 11 is 0. The molecular weight excluding hydrogens is 241 g/mol. The van der Waals surface area contributed by atoms with Crippen molar-refractivity contribution in [3.63, 3.8) is 0 Å². The van der Waals surface area contributed by atoms with Gasteiger partial charge in [-0.3, -0.25) is 0 Å². The quantitative estimate of drug-likeness (QED) is 0.542. The minimum absolute atomic E-state index is 0. The van der Waals surface area contributed by atoms with E-state index in [0.717, 1.165) is 0 Å². The molecule has 0 nitrogen and oxygen atoms in total. The Balaban J connectivity index is 0.000000324. The largest absolute Gasteiger partial charge is 2.00 e. The monoisotopic (exact) mass is 258 g/mol. The van der Waals surface area contributed by atoms with Crippen LogP contribution < -0.4 is 0 Å². The Hall–Kier alpha value is -1.57. The van der Waals surface area contributed by atoms with Crippen LogP contribution in [0.25, 0.3) is 12.2 Å². The molecule has 2 aromatic rings. The maximum absolute atomic E-state index is 3.60. The molecule has 0 unspecified atom stereocenters. The SMILES string of the molecule is [CH2-]C=Cc1ccccc1.[CH2-]C=Cc1ccccc1.[Mg+2]. The zero-order valence-electron chi connectivity index (χ0n) is 11.2. The minimum atomic E-state index is 0. The predicted octanol–water partition coefficient (Wildman–Crippen LogP) is 4.69. The van der Waals surface area contributed by atoms with E-state index in [-0.39, 0.29) is 23.1 Å². The van der Waals surface area contributed by atoms with Crippen molar-refractivity contribution in [1.29, 1.82) is 0 Å². The third kappa shape index (κ3) is 8.19. The van der Waals surface area contributed by atoms with Crippen molar-refractivity contribution >= 4 is 35.2 Å². The molecule has 1 heteroatoms. The Morgan fingerprint density at radius 2 is 0.895 bits per heavy atom. The molecule has 0 fully saturated rings. The first-order valence-corrected chi connectivity index (χ1v) is 5.88. The van der Waals surface area contributed by atoms with Gasteiger partial charge in [0.15, 0.2) is 0 Å². The molecule has 0 aromatic heterocycles. The molecule has 0 heterocycles. The number of rotatable bonds is 2. The maximum atomic E-state index is 3.60. The van der Waals surface area contributed by atoms with Crippen LogP contribution in [0.3, 0.4) is 0 Å². The van der Waals surface area contributed by atoms with Crippen molar-refractivity contribution in [3.05, 3.63) is 97.8 Å². The molecule has 0 amide bonds. The van der Waals surface area contributed by atoms with Gasteiger partial charge in [-0.1, -0.05) is 60.7 Å². The summed E-state index contributed by atoms with van der Waals surface area (Å²) in [5.74, 6) is 0. The fourth-order valence-corrected chi connectivity index (χ4v) is 1.40. The van der Waals surface area contributed by atoms with Gasteiger partial charge in [-0.25, -0.2) is 38.2 Å². The predicted molar refractivity (Wildman–Crippen MR) is 87.4 cm³/mol. The molecule has 2 rings (SSSR count). The van der Waals surface area contributed by atoms with E-state index in [9.17, 15) is 0 Å². The van der Waals surface area contributed by atoms with E-state index < -0.39 is 0 Å². The Morgan fingerprint density at radius 1 is 0.579 bits per heavy atom. The van der Waals surface area contributed by atoms with Gasteiger partial charge in [0.05, 0.1) is 0 Å². The first-order chi connectivity index (χ1) is 8.86. The Morgan fingerprint density at radius 3 is 1.16 bits per heavy atom. The first-order valence-electron chi connectivity index (χ1n) is 5.88. The van der Waals surface area contributed by atoms with Crippen molar-refractivity contribution in [2.75, 3.05) is 0 Å². The van der Waals surface area contributed by atoms with Crippen LogP contribution >= 0.6 is 0 Å².